The average molecular weight is 172 g/mol. The Morgan fingerprint density at radius 2 is 2.36 bits per heavy atom. The summed E-state index contributed by atoms with van der Waals surface area (Å²) in [7, 11) is 0. The number of hydrogen-bond donors (Lipinski definition) is 2. The van der Waals surface area contributed by atoms with Gasteiger partial charge in [0.25, 0.3) is 0 Å². The van der Waals surface area contributed by atoms with Crippen molar-refractivity contribution >= 4 is 23.0 Å². The summed E-state index contributed by atoms with van der Waals surface area (Å²) in [5.74, 6) is 0. The van der Waals surface area contributed by atoms with Crippen molar-refractivity contribution < 1.29 is 0 Å². The first kappa shape index (κ1) is 8.14. The van der Waals surface area contributed by atoms with E-state index in [1.54, 1.807) is 12.4 Å². The number of nitrogens with two attached hydrogens (primary N) is 1. The Morgan fingerprint density at radius 3 is 2.91 bits per heavy atom. The third-order valence-electron chi connectivity index (χ3n) is 1.28. The van der Waals surface area contributed by atoms with E-state index in [0.717, 1.165) is 12.2 Å². The van der Waals surface area contributed by atoms with Crippen LogP contribution in [0.25, 0.3) is 0 Å². The summed E-state index contributed by atoms with van der Waals surface area (Å²) in [6, 6.07) is 0. The maximum Gasteiger partial charge on any atom is 0.0841 e. The second kappa shape index (κ2) is 3.44. The van der Waals surface area contributed by atoms with Gasteiger partial charge >= 0.3 is 0 Å². The lowest BCUT2D eigenvalue weighted by Gasteiger charge is -2.07. The zero-order chi connectivity index (χ0) is 8.27. The molecule has 0 spiro atoms. The Morgan fingerprint density at radius 1 is 1.64 bits per heavy atom. The maximum atomic E-state index is 5.80. The highest BCUT2D eigenvalue weighted by Gasteiger charge is 2.01. The van der Waals surface area contributed by atoms with E-state index >= 15 is 0 Å². The van der Waals surface area contributed by atoms with Gasteiger partial charge in [0.05, 0.1) is 22.6 Å². The minimum atomic E-state index is 0.562. The Balaban J connectivity index is 3.00. The topological polar surface area (TPSA) is 50.9 Å². The lowest BCUT2D eigenvalue weighted by Crippen LogP contribution is -2.01. The first-order chi connectivity index (χ1) is 5.25. The minimum Gasteiger partial charge on any atom is -0.396 e. The summed E-state index contributed by atoms with van der Waals surface area (Å²) < 4.78 is 0. The van der Waals surface area contributed by atoms with E-state index in [4.69, 9.17) is 17.3 Å². The SMILES string of the molecule is CCNc1c(N)cncc1Cl. The molecule has 0 aliphatic heterocycles. The van der Waals surface area contributed by atoms with Crippen molar-refractivity contribution in [3.63, 3.8) is 0 Å². The van der Waals surface area contributed by atoms with Gasteiger partial charge < -0.3 is 11.1 Å². The summed E-state index contributed by atoms with van der Waals surface area (Å²) >= 11 is 5.80. The number of halogens is 1. The van der Waals surface area contributed by atoms with Crippen molar-refractivity contribution in [1.29, 1.82) is 0 Å². The van der Waals surface area contributed by atoms with Gasteiger partial charge in [-0.15, -0.1) is 0 Å². The average Bonchev–Trinajstić information content (AvgIpc) is 1.97. The molecule has 0 fully saturated rings. The molecule has 0 bridgehead atoms. The van der Waals surface area contributed by atoms with Gasteiger partial charge in [-0.05, 0) is 6.92 Å². The van der Waals surface area contributed by atoms with Crippen LogP contribution in [0.15, 0.2) is 12.4 Å². The number of rotatable bonds is 2. The Labute approximate surface area is 70.6 Å². The summed E-state index contributed by atoms with van der Waals surface area (Å²) in [5.41, 5.74) is 6.95. The number of pyridine rings is 1. The molecule has 1 rings (SSSR count). The maximum absolute atomic E-state index is 5.80. The molecular formula is C7H10ClN3. The minimum absolute atomic E-state index is 0.562. The molecule has 0 unspecified atom stereocenters. The molecule has 0 aromatic carbocycles. The van der Waals surface area contributed by atoms with Crippen molar-refractivity contribution in [2.24, 2.45) is 0 Å². The number of nitrogens with zero attached hydrogens (tertiary/aromatic N) is 1. The number of aromatic nitrogens is 1. The van der Waals surface area contributed by atoms with Crippen LogP contribution in [0.2, 0.25) is 5.02 Å². The van der Waals surface area contributed by atoms with Crippen LogP contribution < -0.4 is 11.1 Å². The monoisotopic (exact) mass is 171 g/mol. The third kappa shape index (κ3) is 1.74. The first-order valence-corrected chi connectivity index (χ1v) is 3.76. The smallest absolute Gasteiger partial charge is 0.0841 e. The van der Waals surface area contributed by atoms with Gasteiger partial charge in [0.1, 0.15) is 0 Å². The molecule has 3 N–H and O–H groups in total. The van der Waals surface area contributed by atoms with Crippen LogP contribution in [-0.4, -0.2) is 11.5 Å². The van der Waals surface area contributed by atoms with Crippen molar-refractivity contribution in [3.05, 3.63) is 17.4 Å². The van der Waals surface area contributed by atoms with Crippen LogP contribution in [0, 0.1) is 0 Å². The molecule has 0 amide bonds. The zero-order valence-electron chi connectivity index (χ0n) is 6.26. The standard InChI is InChI=1S/C7H10ClN3/c1-2-11-7-5(8)3-10-4-6(7)9/h3-4H,2,9H2,1H3,(H,10,11). The molecule has 0 radical (unpaired) electrons. The van der Waals surface area contributed by atoms with Crippen molar-refractivity contribution in [3.8, 4) is 0 Å². The highest BCUT2D eigenvalue weighted by atomic mass is 35.5. The van der Waals surface area contributed by atoms with E-state index in [2.05, 4.69) is 10.3 Å². The van der Waals surface area contributed by atoms with Gasteiger partial charge in [0.15, 0.2) is 0 Å². The van der Waals surface area contributed by atoms with Gasteiger partial charge in [-0.2, -0.15) is 0 Å². The Bertz CT molecular complexity index is 229. The van der Waals surface area contributed by atoms with Crippen LogP contribution in [-0.2, 0) is 0 Å². The fraction of sp³-hybridized carbons (Fsp3) is 0.286. The fourth-order valence-electron chi connectivity index (χ4n) is 0.813. The van der Waals surface area contributed by atoms with E-state index in [1.807, 2.05) is 6.92 Å². The van der Waals surface area contributed by atoms with Crippen molar-refractivity contribution in [2.45, 2.75) is 6.92 Å². The van der Waals surface area contributed by atoms with Gasteiger partial charge in [-0.1, -0.05) is 11.6 Å². The Hall–Kier alpha value is -0.960. The highest BCUT2D eigenvalue weighted by molar-refractivity contribution is 6.33. The molecule has 1 aromatic heterocycles. The van der Waals surface area contributed by atoms with E-state index < -0.39 is 0 Å². The summed E-state index contributed by atoms with van der Waals surface area (Å²) in [4.78, 5) is 3.83. The first-order valence-electron chi connectivity index (χ1n) is 3.38. The molecule has 11 heavy (non-hydrogen) atoms. The predicted octanol–water partition coefficient (Wildman–Crippen LogP) is 1.75. The van der Waals surface area contributed by atoms with Gasteiger partial charge in [0, 0.05) is 12.7 Å². The molecule has 0 saturated carbocycles. The quantitative estimate of drug-likeness (QED) is 0.713. The van der Waals surface area contributed by atoms with Crippen molar-refractivity contribution in [1.82, 2.24) is 4.98 Å². The summed E-state index contributed by atoms with van der Waals surface area (Å²) in [5, 5.41) is 3.61. The highest BCUT2D eigenvalue weighted by Crippen LogP contribution is 2.25. The van der Waals surface area contributed by atoms with Gasteiger partial charge in [0.2, 0.25) is 0 Å². The summed E-state index contributed by atoms with van der Waals surface area (Å²) in [6.45, 7) is 2.78. The molecule has 1 aromatic rings. The van der Waals surface area contributed by atoms with Crippen LogP contribution in [0.1, 0.15) is 6.92 Å². The van der Waals surface area contributed by atoms with Gasteiger partial charge in [-0.3, -0.25) is 4.98 Å². The number of nitrogens with one attached hydrogen (secondary N) is 1. The predicted molar refractivity (Wildman–Crippen MR) is 47.8 cm³/mol. The zero-order valence-corrected chi connectivity index (χ0v) is 7.02. The largest absolute Gasteiger partial charge is 0.396 e. The van der Waals surface area contributed by atoms with E-state index in [1.165, 1.54) is 0 Å². The van der Waals surface area contributed by atoms with E-state index in [9.17, 15) is 0 Å². The number of hydrogen-bond acceptors (Lipinski definition) is 3. The van der Waals surface area contributed by atoms with E-state index in [0.29, 0.717) is 10.7 Å². The second-order valence-corrected chi connectivity index (χ2v) is 2.52. The van der Waals surface area contributed by atoms with Crippen LogP contribution in [0.4, 0.5) is 11.4 Å². The lowest BCUT2D eigenvalue weighted by atomic mass is 10.3. The Kier molecular flexibility index (Phi) is 2.54. The molecule has 0 aliphatic rings. The van der Waals surface area contributed by atoms with Crippen LogP contribution >= 0.6 is 11.6 Å². The lowest BCUT2D eigenvalue weighted by molar-refractivity contribution is 1.20. The molecule has 1 heterocycles. The molecule has 0 aliphatic carbocycles. The molecule has 3 nitrogen and oxygen atoms in total. The molecule has 0 atom stereocenters. The third-order valence-corrected chi connectivity index (χ3v) is 1.57. The molecular weight excluding hydrogens is 162 g/mol. The molecule has 4 heteroatoms. The van der Waals surface area contributed by atoms with Gasteiger partial charge in [-0.25, -0.2) is 0 Å². The second-order valence-electron chi connectivity index (χ2n) is 2.12. The van der Waals surface area contributed by atoms with Crippen LogP contribution in [0.5, 0.6) is 0 Å². The fourth-order valence-corrected chi connectivity index (χ4v) is 1.05. The van der Waals surface area contributed by atoms with E-state index in [-0.39, 0.29) is 0 Å². The van der Waals surface area contributed by atoms with Crippen molar-refractivity contribution in [2.75, 3.05) is 17.6 Å². The number of anilines is 2. The molecule has 60 valence electrons. The summed E-state index contributed by atoms with van der Waals surface area (Å²) in [6.07, 6.45) is 3.14. The number of nitrogen functional groups attached to an aromatic ring is 1. The molecule has 0 saturated heterocycles. The van der Waals surface area contributed by atoms with Crippen LogP contribution in [0.3, 0.4) is 0 Å². The normalized spacial score (nSPS) is 9.64.